The Morgan fingerprint density at radius 1 is 1.14 bits per heavy atom. The van der Waals surface area contributed by atoms with E-state index in [4.69, 9.17) is 10.7 Å². The number of thiophene rings is 1. The Bertz CT molecular complexity index is 890. The third-order valence-electron chi connectivity index (χ3n) is 2.69. The van der Waals surface area contributed by atoms with Crippen molar-refractivity contribution in [3.8, 4) is 16.4 Å². The van der Waals surface area contributed by atoms with E-state index in [1.54, 1.807) is 24.3 Å². The molecule has 5 nitrogen and oxygen atoms in total. The van der Waals surface area contributed by atoms with Gasteiger partial charge < -0.3 is 0 Å². The summed E-state index contributed by atoms with van der Waals surface area (Å²) in [6, 6.07) is 10.8. The second-order valence-corrected chi connectivity index (χ2v) is 8.24. The van der Waals surface area contributed by atoms with Gasteiger partial charge in [0.25, 0.3) is 14.2 Å². The average Bonchev–Trinajstić information content (AvgIpc) is 3.04. The van der Waals surface area contributed by atoms with Crippen molar-refractivity contribution >= 4 is 47.0 Å². The van der Waals surface area contributed by atoms with Crippen LogP contribution in [0.4, 0.5) is 0 Å². The van der Waals surface area contributed by atoms with Crippen LogP contribution in [0.1, 0.15) is 0 Å². The summed E-state index contributed by atoms with van der Waals surface area (Å²) >= 11 is 4.84. The van der Waals surface area contributed by atoms with Crippen LogP contribution in [-0.4, -0.2) is 23.2 Å². The van der Waals surface area contributed by atoms with Gasteiger partial charge in [-0.05, 0) is 39.5 Å². The molecule has 1 aromatic carbocycles. The van der Waals surface area contributed by atoms with Gasteiger partial charge in [-0.2, -0.15) is 0 Å². The summed E-state index contributed by atoms with van der Waals surface area (Å²) < 4.78 is 25.7. The SMILES string of the molecule is O=S(=O)(Cl)c1nnc(-c2sccc2Br)n1-c1ccccc1. The zero-order chi connectivity index (χ0) is 15.0. The van der Waals surface area contributed by atoms with Crippen LogP contribution < -0.4 is 0 Å². The van der Waals surface area contributed by atoms with Gasteiger partial charge in [0.05, 0.1) is 4.88 Å². The summed E-state index contributed by atoms with van der Waals surface area (Å²) in [5, 5.41) is 9.30. The Hall–Kier alpha value is -1.22. The number of hydrogen-bond donors (Lipinski definition) is 0. The molecule has 0 aliphatic carbocycles. The van der Waals surface area contributed by atoms with E-state index >= 15 is 0 Å². The molecule has 3 rings (SSSR count). The van der Waals surface area contributed by atoms with Crippen LogP contribution in [0.2, 0.25) is 0 Å². The summed E-state index contributed by atoms with van der Waals surface area (Å²) in [5.74, 6) is 0.419. The molecule has 2 aromatic heterocycles. The van der Waals surface area contributed by atoms with Crippen LogP contribution in [0.5, 0.6) is 0 Å². The van der Waals surface area contributed by atoms with E-state index in [-0.39, 0.29) is 5.16 Å². The molecule has 0 atom stereocenters. The standard InChI is InChI=1S/C12H7BrClN3O2S2/c13-9-6-7-20-10(9)11-15-16-12(21(14,18)19)17(11)8-4-2-1-3-5-8/h1-7H. The number of aromatic nitrogens is 3. The van der Waals surface area contributed by atoms with Gasteiger partial charge in [0.2, 0.25) is 0 Å². The van der Waals surface area contributed by atoms with Crippen LogP contribution >= 0.6 is 37.9 Å². The van der Waals surface area contributed by atoms with Crippen LogP contribution in [0, 0.1) is 0 Å². The fourth-order valence-corrected chi connectivity index (χ4v) is 4.21. The molecule has 0 bridgehead atoms. The molecule has 0 saturated carbocycles. The molecule has 0 fully saturated rings. The highest BCUT2D eigenvalue weighted by Crippen LogP contribution is 2.35. The van der Waals surface area contributed by atoms with Gasteiger partial charge >= 0.3 is 0 Å². The topological polar surface area (TPSA) is 64.8 Å². The molecule has 0 spiro atoms. The van der Waals surface area contributed by atoms with Crippen molar-refractivity contribution in [2.45, 2.75) is 5.16 Å². The smallest absolute Gasteiger partial charge is 0.264 e. The summed E-state index contributed by atoms with van der Waals surface area (Å²) in [5.41, 5.74) is 0.622. The molecular formula is C12H7BrClN3O2S2. The molecule has 0 amide bonds. The van der Waals surface area contributed by atoms with Gasteiger partial charge in [0.1, 0.15) is 0 Å². The number of halogens is 2. The van der Waals surface area contributed by atoms with Crippen molar-refractivity contribution in [3.05, 3.63) is 46.3 Å². The molecule has 0 unspecified atom stereocenters. The van der Waals surface area contributed by atoms with Gasteiger partial charge in [-0.3, -0.25) is 4.57 Å². The Morgan fingerprint density at radius 2 is 1.86 bits per heavy atom. The highest BCUT2D eigenvalue weighted by molar-refractivity contribution is 9.10. The van der Waals surface area contributed by atoms with E-state index < -0.39 is 9.05 Å². The quantitative estimate of drug-likeness (QED) is 0.625. The molecule has 0 aliphatic heterocycles. The number of rotatable bonds is 3. The highest BCUT2D eigenvalue weighted by atomic mass is 79.9. The lowest BCUT2D eigenvalue weighted by Gasteiger charge is -2.08. The van der Waals surface area contributed by atoms with Gasteiger partial charge in [-0.1, -0.05) is 18.2 Å². The molecule has 21 heavy (non-hydrogen) atoms. The Labute approximate surface area is 137 Å². The van der Waals surface area contributed by atoms with Crippen molar-refractivity contribution in [1.29, 1.82) is 0 Å². The lowest BCUT2D eigenvalue weighted by Crippen LogP contribution is -2.05. The van der Waals surface area contributed by atoms with Crippen LogP contribution in [0.3, 0.4) is 0 Å². The van der Waals surface area contributed by atoms with E-state index in [0.717, 1.165) is 9.35 Å². The van der Waals surface area contributed by atoms with E-state index in [2.05, 4.69) is 26.1 Å². The van der Waals surface area contributed by atoms with Gasteiger partial charge in [0, 0.05) is 20.8 Å². The number of para-hydroxylation sites is 1. The van der Waals surface area contributed by atoms with Crippen molar-refractivity contribution in [2.75, 3.05) is 0 Å². The molecule has 9 heteroatoms. The zero-order valence-corrected chi connectivity index (χ0v) is 14.2. The number of nitrogens with zero attached hydrogens (tertiary/aromatic N) is 3. The van der Waals surface area contributed by atoms with Crippen LogP contribution in [-0.2, 0) is 9.05 Å². The first kappa shape index (κ1) is 14.7. The molecule has 108 valence electrons. The maximum atomic E-state index is 11.7. The number of benzene rings is 1. The first-order valence-electron chi connectivity index (χ1n) is 5.67. The maximum absolute atomic E-state index is 11.7. The summed E-state index contributed by atoms with van der Waals surface area (Å²) in [7, 11) is 1.45. The van der Waals surface area contributed by atoms with Gasteiger partial charge in [-0.15, -0.1) is 21.5 Å². The Balaban J connectivity index is 2.33. The summed E-state index contributed by atoms with van der Waals surface area (Å²) in [6.45, 7) is 0. The average molecular weight is 405 g/mol. The Morgan fingerprint density at radius 3 is 2.43 bits per heavy atom. The normalized spacial score (nSPS) is 11.7. The minimum Gasteiger partial charge on any atom is -0.264 e. The predicted octanol–water partition coefficient (Wildman–Crippen LogP) is 3.69. The summed E-state index contributed by atoms with van der Waals surface area (Å²) in [4.78, 5) is 0.776. The largest absolute Gasteiger partial charge is 0.297 e. The van der Waals surface area contributed by atoms with E-state index in [1.807, 2.05) is 17.5 Å². The Kier molecular flexibility index (Phi) is 3.87. The van der Waals surface area contributed by atoms with E-state index in [9.17, 15) is 8.42 Å². The van der Waals surface area contributed by atoms with E-state index in [0.29, 0.717) is 11.5 Å². The molecular weight excluding hydrogens is 398 g/mol. The van der Waals surface area contributed by atoms with E-state index in [1.165, 1.54) is 15.9 Å². The predicted molar refractivity (Wildman–Crippen MR) is 85.4 cm³/mol. The van der Waals surface area contributed by atoms with Crippen LogP contribution in [0.25, 0.3) is 16.4 Å². The molecule has 0 N–H and O–H groups in total. The maximum Gasteiger partial charge on any atom is 0.297 e. The van der Waals surface area contributed by atoms with Gasteiger partial charge in [0.15, 0.2) is 5.82 Å². The lowest BCUT2D eigenvalue weighted by molar-refractivity contribution is 0.597. The fourth-order valence-electron chi connectivity index (χ4n) is 1.84. The first-order valence-corrected chi connectivity index (χ1v) is 9.65. The second kappa shape index (κ2) is 5.53. The molecule has 0 radical (unpaired) electrons. The molecule has 0 aliphatic rings. The minimum absolute atomic E-state index is 0.300. The minimum atomic E-state index is -4.01. The first-order chi connectivity index (χ1) is 9.98. The lowest BCUT2D eigenvalue weighted by atomic mass is 10.3. The summed E-state index contributed by atoms with van der Waals surface area (Å²) in [6.07, 6.45) is 0. The van der Waals surface area contributed by atoms with Crippen molar-refractivity contribution in [1.82, 2.24) is 14.8 Å². The highest BCUT2D eigenvalue weighted by Gasteiger charge is 2.25. The zero-order valence-electron chi connectivity index (χ0n) is 10.3. The third kappa shape index (κ3) is 2.76. The molecule has 0 saturated heterocycles. The van der Waals surface area contributed by atoms with Crippen molar-refractivity contribution in [3.63, 3.8) is 0 Å². The fraction of sp³-hybridized carbons (Fsp3) is 0. The number of hydrogen-bond acceptors (Lipinski definition) is 5. The van der Waals surface area contributed by atoms with Crippen LogP contribution in [0.15, 0.2) is 51.4 Å². The van der Waals surface area contributed by atoms with Crippen molar-refractivity contribution in [2.24, 2.45) is 0 Å². The molecule has 3 aromatic rings. The van der Waals surface area contributed by atoms with Crippen molar-refractivity contribution < 1.29 is 8.42 Å². The van der Waals surface area contributed by atoms with Gasteiger partial charge in [-0.25, -0.2) is 8.42 Å². The molecule has 2 heterocycles. The monoisotopic (exact) mass is 403 g/mol. The second-order valence-electron chi connectivity index (χ2n) is 4.01. The third-order valence-corrected chi connectivity index (χ3v) is 5.63.